The maximum Gasteiger partial charge on any atom is 0.195 e. The lowest BCUT2D eigenvalue weighted by Crippen LogP contribution is -2.04. The van der Waals surface area contributed by atoms with Crippen molar-refractivity contribution < 1.29 is 13.6 Å². The van der Waals surface area contributed by atoms with E-state index in [1.165, 1.54) is 12.1 Å². The molecule has 2 N–H and O–H groups in total. The van der Waals surface area contributed by atoms with Crippen LogP contribution in [0.3, 0.4) is 0 Å². The molecule has 0 aromatic heterocycles. The Hall–Kier alpha value is -2.23. The Balaban J connectivity index is 2.40. The number of ketones is 1. The minimum absolute atomic E-state index is 0.156. The molecule has 2 aromatic carbocycles. The molecule has 2 rings (SSSR count). The maximum absolute atomic E-state index is 13.4. The predicted octanol–water partition coefficient (Wildman–Crippen LogP) is 2.78. The molecule has 2 nitrogen and oxygen atoms in total. The molecule has 0 aliphatic rings. The lowest BCUT2D eigenvalue weighted by atomic mass is 10.0. The van der Waals surface area contributed by atoms with Gasteiger partial charge in [-0.2, -0.15) is 0 Å². The van der Waals surface area contributed by atoms with Gasteiger partial charge in [0.2, 0.25) is 0 Å². The third-order valence-corrected chi connectivity index (χ3v) is 2.35. The van der Waals surface area contributed by atoms with Crippen molar-refractivity contribution in [2.75, 3.05) is 5.73 Å². The molecule has 2 aromatic rings. The Kier molecular flexibility index (Phi) is 2.87. The second-order valence-corrected chi connectivity index (χ2v) is 3.58. The molecule has 0 atom stereocenters. The van der Waals surface area contributed by atoms with Crippen LogP contribution in [0.15, 0.2) is 42.5 Å². The SMILES string of the molecule is Nc1ccc(C(=O)c2ccc(F)cc2F)cc1. The number of nitrogen functional groups attached to an aromatic ring is 1. The largest absolute Gasteiger partial charge is 0.399 e. The van der Waals surface area contributed by atoms with E-state index in [1.54, 1.807) is 12.1 Å². The monoisotopic (exact) mass is 233 g/mol. The number of anilines is 1. The van der Waals surface area contributed by atoms with Crippen molar-refractivity contribution in [2.24, 2.45) is 0 Å². The number of benzene rings is 2. The zero-order valence-electron chi connectivity index (χ0n) is 8.78. The lowest BCUT2D eigenvalue weighted by molar-refractivity contribution is 0.103. The van der Waals surface area contributed by atoms with Crippen LogP contribution >= 0.6 is 0 Å². The zero-order chi connectivity index (χ0) is 12.4. The molecule has 0 amide bonds. The van der Waals surface area contributed by atoms with Gasteiger partial charge < -0.3 is 5.73 Å². The number of carbonyl (C=O) groups is 1. The number of hydrogen-bond donors (Lipinski definition) is 1. The van der Waals surface area contributed by atoms with Crippen molar-refractivity contribution in [2.45, 2.75) is 0 Å². The molecule has 0 aliphatic carbocycles. The molecular formula is C13H9F2NO. The topological polar surface area (TPSA) is 43.1 Å². The highest BCUT2D eigenvalue weighted by atomic mass is 19.1. The minimum atomic E-state index is -0.869. The summed E-state index contributed by atoms with van der Waals surface area (Å²) in [5.41, 5.74) is 6.15. The van der Waals surface area contributed by atoms with Gasteiger partial charge in [-0.3, -0.25) is 4.79 Å². The summed E-state index contributed by atoms with van der Waals surface area (Å²) in [5, 5.41) is 0. The molecule has 0 fully saturated rings. The smallest absolute Gasteiger partial charge is 0.195 e. The fraction of sp³-hybridized carbons (Fsp3) is 0. The molecule has 17 heavy (non-hydrogen) atoms. The van der Waals surface area contributed by atoms with Crippen molar-refractivity contribution in [1.29, 1.82) is 0 Å². The lowest BCUT2D eigenvalue weighted by Gasteiger charge is -2.03. The van der Waals surface area contributed by atoms with Crippen molar-refractivity contribution in [3.05, 3.63) is 65.2 Å². The van der Waals surface area contributed by atoms with E-state index in [0.717, 1.165) is 12.1 Å². The van der Waals surface area contributed by atoms with E-state index in [4.69, 9.17) is 5.73 Å². The first-order valence-electron chi connectivity index (χ1n) is 4.93. The van der Waals surface area contributed by atoms with E-state index in [2.05, 4.69) is 0 Å². The van der Waals surface area contributed by atoms with Crippen molar-refractivity contribution >= 4 is 11.5 Å². The van der Waals surface area contributed by atoms with Crippen LogP contribution < -0.4 is 5.73 Å². The maximum atomic E-state index is 13.4. The van der Waals surface area contributed by atoms with Crippen LogP contribution in [0, 0.1) is 11.6 Å². The molecule has 0 aliphatic heterocycles. The van der Waals surface area contributed by atoms with Gasteiger partial charge in [-0.05, 0) is 36.4 Å². The molecule has 0 unspecified atom stereocenters. The summed E-state index contributed by atoms with van der Waals surface area (Å²) >= 11 is 0. The number of hydrogen-bond acceptors (Lipinski definition) is 2. The molecule has 0 bridgehead atoms. The van der Waals surface area contributed by atoms with Gasteiger partial charge in [0.05, 0.1) is 5.56 Å². The fourth-order valence-corrected chi connectivity index (χ4v) is 1.46. The van der Waals surface area contributed by atoms with Gasteiger partial charge >= 0.3 is 0 Å². The van der Waals surface area contributed by atoms with E-state index in [-0.39, 0.29) is 5.56 Å². The standard InChI is InChI=1S/C13H9F2NO/c14-9-3-6-11(12(15)7-9)13(17)8-1-4-10(16)5-2-8/h1-7H,16H2. The van der Waals surface area contributed by atoms with Crippen LogP contribution in [0.25, 0.3) is 0 Å². The van der Waals surface area contributed by atoms with E-state index in [9.17, 15) is 13.6 Å². The van der Waals surface area contributed by atoms with Crippen LogP contribution in [0.4, 0.5) is 14.5 Å². The highest BCUT2D eigenvalue weighted by Gasteiger charge is 2.14. The molecule has 0 radical (unpaired) electrons. The average molecular weight is 233 g/mol. The van der Waals surface area contributed by atoms with E-state index >= 15 is 0 Å². The number of halogens is 2. The molecule has 0 saturated heterocycles. The molecule has 86 valence electrons. The second kappa shape index (κ2) is 4.33. The molecule has 0 heterocycles. The zero-order valence-corrected chi connectivity index (χ0v) is 8.78. The Labute approximate surface area is 96.7 Å². The Morgan fingerprint density at radius 2 is 1.65 bits per heavy atom. The van der Waals surface area contributed by atoms with Gasteiger partial charge in [0.1, 0.15) is 11.6 Å². The van der Waals surface area contributed by atoms with Gasteiger partial charge in [0.25, 0.3) is 0 Å². The minimum Gasteiger partial charge on any atom is -0.399 e. The molecule has 4 heteroatoms. The molecule has 0 saturated carbocycles. The number of rotatable bonds is 2. The summed E-state index contributed by atoms with van der Waals surface area (Å²) < 4.78 is 26.1. The third kappa shape index (κ3) is 2.30. The van der Waals surface area contributed by atoms with Gasteiger partial charge in [-0.1, -0.05) is 0 Å². The Morgan fingerprint density at radius 3 is 2.24 bits per heavy atom. The van der Waals surface area contributed by atoms with Crippen LogP contribution in [0.2, 0.25) is 0 Å². The summed E-state index contributed by atoms with van der Waals surface area (Å²) in [4.78, 5) is 11.9. The normalized spacial score (nSPS) is 10.2. The summed E-state index contributed by atoms with van der Waals surface area (Å²) in [6.07, 6.45) is 0. The second-order valence-electron chi connectivity index (χ2n) is 3.58. The van der Waals surface area contributed by atoms with E-state index in [0.29, 0.717) is 17.3 Å². The summed E-state index contributed by atoms with van der Waals surface area (Å²) in [7, 11) is 0. The van der Waals surface area contributed by atoms with Crippen molar-refractivity contribution in [3.63, 3.8) is 0 Å². The van der Waals surface area contributed by atoms with Crippen LogP contribution in [0.1, 0.15) is 15.9 Å². The van der Waals surface area contributed by atoms with Gasteiger partial charge in [0, 0.05) is 17.3 Å². The summed E-state index contributed by atoms with van der Waals surface area (Å²) in [5.74, 6) is -2.08. The van der Waals surface area contributed by atoms with Crippen molar-refractivity contribution in [3.8, 4) is 0 Å². The third-order valence-electron chi connectivity index (χ3n) is 2.35. The Morgan fingerprint density at radius 1 is 1.00 bits per heavy atom. The number of carbonyl (C=O) groups excluding carboxylic acids is 1. The molecular weight excluding hydrogens is 224 g/mol. The summed E-state index contributed by atoms with van der Waals surface area (Å²) in [6.45, 7) is 0. The van der Waals surface area contributed by atoms with Gasteiger partial charge in [0.15, 0.2) is 5.78 Å². The summed E-state index contributed by atoms with van der Waals surface area (Å²) in [6, 6.07) is 8.96. The quantitative estimate of drug-likeness (QED) is 0.640. The van der Waals surface area contributed by atoms with E-state index < -0.39 is 17.4 Å². The first kappa shape index (κ1) is 11.3. The van der Waals surface area contributed by atoms with E-state index in [1.807, 2.05) is 0 Å². The molecule has 0 spiro atoms. The predicted molar refractivity (Wildman–Crippen MR) is 60.6 cm³/mol. The number of nitrogens with two attached hydrogens (primary N) is 1. The highest BCUT2D eigenvalue weighted by Crippen LogP contribution is 2.15. The van der Waals surface area contributed by atoms with Crippen LogP contribution in [-0.4, -0.2) is 5.78 Å². The van der Waals surface area contributed by atoms with Gasteiger partial charge in [-0.25, -0.2) is 8.78 Å². The average Bonchev–Trinajstić information content (AvgIpc) is 2.29. The fourth-order valence-electron chi connectivity index (χ4n) is 1.46. The first-order chi connectivity index (χ1) is 8.08. The van der Waals surface area contributed by atoms with Gasteiger partial charge in [-0.15, -0.1) is 0 Å². The Bertz CT molecular complexity index is 564. The van der Waals surface area contributed by atoms with Crippen molar-refractivity contribution in [1.82, 2.24) is 0 Å². The first-order valence-corrected chi connectivity index (χ1v) is 4.93. The van der Waals surface area contributed by atoms with Crippen LogP contribution in [-0.2, 0) is 0 Å². The highest BCUT2D eigenvalue weighted by molar-refractivity contribution is 6.09. The van der Waals surface area contributed by atoms with Crippen LogP contribution in [0.5, 0.6) is 0 Å².